The Morgan fingerprint density at radius 3 is 2.33 bits per heavy atom. The molecule has 0 bridgehead atoms. The van der Waals surface area contributed by atoms with Crippen LogP contribution in [0.2, 0.25) is 0 Å². The molecule has 2 rings (SSSR count). The highest BCUT2D eigenvalue weighted by Gasteiger charge is 2.12. The second kappa shape index (κ2) is 10.2. The van der Waals surface area contributed by atoms with Crippen molar-refractivity contribution in [3.05, 3.63) is 30.3 Å². The minimum Gasteiger partial charge on any atom is -0.381 e. The standard InChI is InChI=1S/C11H16N2O.C6H12O/c1-9(2)8-12-11(14)13-10-6-4-3-5-7-10;1-7-6-4-2-3-5-6/h3-7,9H,8H2,1-2H3,(H2,12,13,14);6H,2-5H2,1H3. The minimum atomic E-state index is -0.148. The number of nitrogens with one attached hydrogen (secondary N) is 2. The summed E-state index contributed by atoms with van der Waals surface area (Å²) in [6.07, 6.45) is 5.92. The summed E-state index contributed by atoms with van der Waals surface area (Å²) in [5.41, 5.74) is 0.814. The van der Waals surface area contributed by atoms with Crippen molar-refractivity contribution in [1.29, 1.82) is 0 Å². The van der Waals surface area contributed by atoms with Crippen LogP contribution in [0.15, 0.2) is 30.3 Å². The van der Waals surface area contributed by atoms with Gasteiger partial charge in [0, 0.05) is 19.3 Å². The van der Waals surface area contributed by atoms with Crippen LogP contribution in [0.4, 0.5) is 10.5 Å². The van der Waals surface area contributed by atoms with Gasteiger partial charge in [-0.2, -0.15) is 0 Å². The van der Waals surface area contributed by atoms with Gasteiger partial charge in [0.1, 0.15) is 0 Å². The summed E-state index contributed by atoms with van der Waals surface area (Å²) >= 11 is 0. The molecule has 0 aromatic heterocycles. The Morgan fingerprint density at radius 2 is 1.86 bits per heavy atom. The van der Waals surface area contributed by atoms with Crippen LogP contribution in [-0.2, 0) is 4.74 Å². The fourth-order valence-electron chi connectivity index (χ4n) is 2.12. The molecule has 0 heterocycles. The van der Waals surface area contributed by atoms with E-state index in [9.17, 15) is 4.79 Å². The lowest BCUT2D eigenvalue weighted by Gasteiger charge is -2.08. The zero-order valence-corrected chi connectivity index (χ0v) is 13.4. The van der Waals surface area contributed by atoms with Gasteiger partial charge in [0.05, 0.1) is 6.10 Å². The number of hydrogen-bond acceptors (Lipinski definition) is 2. The maximum absolute atomic E-state index is 11.3. The molecule has 118 valence electrons. The second-order valence-corrected chi connectivity index (χ2v) is 5.74. The maximum Gasteiger partial charge on any atom is 0.319 e. The zero-order valence-electron chi connectivity index (χ0n) is 13.4. The third-order valence-electron chi connectivity index (χ3n) is 3.34. The van der Waals surface area contributed by atoms with Gasteiger partial charge in [0.2, 0.25) is 0 Å². The maximum atomic E-state index is 11.3. The van der Waals surface area contributed by atoms with Crippen LogP contribution < -0.4 is 10.6 Å². The molecule has 1 aliphatic rings. The van der Waals surface area contributed by atoms with E-state index in [2.05, 4.69) is 24.5 Å². The third-order valence-corrected chi connectivity index (χ3v) is 3.34. The summed E-state index contributed by atoms with van der Waals surface area (Å²) in [6, 6.07) is 9.25. The van der Waals surface area contributed by atoms with E-state index in [0.29, 0.717) is 18.6 Å². The van der Waals surface area contributed by atoms with Gasteiger partial charge in [-0.05, 0) is 30.9 Å². The Bertz CT molecular complexity index is 387. The van der Waals surface area contributed by atoms with Crippen molar-refractivity contribution in [3.63, 3.8) is 0 Å². The van der Waals surface area contributed by atoms with Crippen LogP contribution in [0.3, 0.4) is 0 Å². The van der Waals surface area contributed by atoms with Gasteiger partial charge in [-0.1, -0.05) is 44.9 Å². The number of benzene rings is 1. The largest absolute Gasteiger partial charge is 0.381 e. The predicted octanol–water partition coefficient (Wildman–Crippen LogP) is 4.04. The SMILES string of the molecule is CC(C)CNC(=O)Nc1ccccc1.COC1CCCC1. The Morgan fingerprint density at radius 1 is 1.24 bits per heavy atom. The van der Waals surface area contributed by atoms with E-state index >= 15 is 0 Å². The van der Waals surface area contributed by atoms with Crippen molar-refractivity contribution < 1.29 is 9.53 Å². The lowest BCUT2D eigenvalue weighted by molar-refractivity contribution is 0.109. The first kappa shape index (κ1) is 17.5. The highest BCUT2D eigenvalue weighted by molar-refractivity contribution is 5.89. The summed E-state index contributed by atoms with van der Waals surface area (Å²) in [5, 5.41) is 5.53. The van der Waals surface area contributed by atoms with E-state index in [1.54, 1.807) is 7.11 Å². The minimum absolute atomic E-state index is 0.148. The van der Waals surface area contributed by atoms with Crippen molar-refractivity contribution in [2.24, 2.45) is 5.92 Å². The van der Waals surface area contributed by atoms with Crippen molar-refractivity contribution in [2.45, 2.75) is 45.6 Å². The zero-order chi connectivity index (χ0) is 15.5. The first-order chi connectivity index (χ1) is 10.1. The molecule has 2 N–H and O–H groups in total. The number of anilines is 1. The summed E-state index contributed by atoms with van der Waals surface area (Å²) in [7, 11) is 1.80. The topological polar surface area (TPSA) is 50.4 Å². The lowest BCUT2D eigenvalue weighted by atomic mass is 10.2. The van der Waals surface area contributed by atoms with Gasteiger partial charge < -0.3 is 15.4 Å². The molecule has 4 heteroatoms. The molecule has 0 saturated heterocycles. The van der Waals surface area contributed by atoms with Gasteiger partial charge in [-0.25, -0.2) is 4.79 Å². The van der Waals surface area contributed by atoms with Crippen molar-refractivity contribution in [2.75, 3.05) is 19.0 Å². The molecule has 1 fully saturated rings. The molecule has 0 aliphatic heterocycles. The average molecular weight is 292 g/mol. The Labute approximate surface area is 128 Å². The van der Waals surface area contributed by atoms with Crippen molar-refractivity contribution >= 4 is 11.7 Å². The van der Waals surface area contributed by atoms with Crippen molar-refractivity contribution in [3.8, 4) is 0 Å². The van der Waals surface area contributed by atoms with Crippen LogP contribution in [0.5, 0.6) is 0 Å². The predicted molar refractivity (Wildman–Crippen MR) is 87.6 cm³/mol. The van der Waals surface area contributed by atoms with E-state index < -0.39 is 0 Å². The quantitative estimate of drug-likeness (QED) is 0.880. The van der Waals surface area contributed by atoms with Crippen LogP contribution in [-0.4, -0.2) is 25.8 Å². The summed E-state index contributed by atoms with van der Waals surface area (Å²) < 4.78 is 5.11. The van der Waals surface area contributed by atoms with Gasteiger partial charge in [0.15, 0.2) is 0 Å². The highest BCUT2D eigenvalue weighted by atomic mass is 16.5. The molecular formula is C17H28N2O2. The van der Waals surface area contributed by atoms with E-state index in [4.69, 9.17) is 4.74 Å². The molecule has 0 unspecified atom stereocenters. The number of methoxy groups -OCH3 is 1. The monoisotopic (exact) mass is 292 g/mol. The first-order valence-electron chi connectivity index (χ1n) is 7.74. The molecule has 21 heavy (non-hydrogen) atoms. The fourth-order valence-corrected chi connectivity index (χ4v) is 2.12. The second-order valence-electron chi connectivity index (χ2n) is 5.74. The van der Waals surface area contributed by atoms with Gasteiger partial charge in [-0.3, -0.25) is 0 Å². The van der Waals surface area contributed by atoms with Gasteiger partial charge >= 0.3 is 6.03 Å². The van der Waals surface area contributed by atoms with E-state index in [-0.39, 0.29) is 6.03 Å². The summed E-state index contributed by atoms with van der Waals surface area (Å²) in [6.45, 7) is 4.81. The van der Waals surface area contributed by atoms with E-state index in [1.807, 2.05) is 30.3 Å². The molecule has 0 atom stereocenters. The van der Waals surface area contributed by atoms with E-state index in [1.165, 1.54) is 25.7 Å². The molecule has 1 aromatic carbocycles. The molecule has 2 amide bonds. The number of carbonyl (C=O) groups excluding carboxylic acids is 1. The first-order valence-corrected chi connectivity index (χ1v) is 7.74. The molecule has 1 saturated carbocycles. The van der Waals surface area contributed by atoms with Crippen LogP contribution >= 0.6 is 0 Å². The number of carbonyl (C=O) groups is 1. The number of amides is 2. The highest BCUT2D eigenvalue weighted by Crippen LogP contribution is 2.19. The average Bonchev–Trinajstić information content (AvgIpc) is 3.00. The number of urea groups is 1. The van der Waals surface area contributed by atoms with Crippen LogP contribution in [0.1, 0.15) is 39.5 Å². The number of hydrogen-bond donors (Lipinski definition) is 2. The van der Waals surface area contributed by atoms with Gasteiger partial charge in [-0.15, -0.1) is 0 Å². The third kappa shape index (κ3) is 8.35. The van der Waals surface area contributed by atoms with Crippen molar-refractivity contribution in [1.82, 2.24) is 5.32 Å². The van der Waals surface area contributed by atoms with Crippen LogP contribution in [0, 0.1) is 5.92 Å². The van der Waals surface area contributed by atoms with Gasteiger partial charge in [0.25, 0.3) is 0 Å². The summed E-state index contributed by atoms with van der Waals surface area (Å²) in [4.78, 5) is 11.3. The summed E-state index contributed by atoms with van der Waals surface area (Å²) in [5.74, 6) is 0.469. The van der Waals surface area contributed by atoms with Crippen LogP contribution in [0.25, 0.3) is 0 Å². The van der Waals surface area contributed by atoms with E-state index in [0.717, 1.165) is 5.69 Å². The molecule has 1 aromatic rings. The number of rotatable bonds is 4. The smallest absolute Gasteiger partial charge is 0.319 e. The molecule has 0 spiro atoms. The lowest BCUT2D eigenvalue weighted by Crippen LogP contribution is -2.31. The molecule has 4 nitrogen and oxygen atoms in total. The normalized spacial score (nSPS) is 14.5. The number of ether oxygens (including phenoxy) is 1. The Hall–Kier alpha value is -1.55. The molecule has 0 radical (unpaired) electrons. The Balaban J connectivity index is 0.000000262. The Kier molecular flexibility index (Phi) is 8.51. The molecular weight excluding hydrogens is 264 g/mol. The fraction of sp³-hybridized carbons (Fsp3) is 0.588. The number of para-hydroxylation sites is 1. The molecule has 1 aliphatic carbocycles.